The Morgan fingerprint density at radius 2 is 1.00 bits per heavy atom. The highest BCUT2D eigenvalue weighted by molar-refractivity contribution is 5.88. The van der Waals surface area contributed by atoms with E-state index in [9.17, 15) is 5.11 Å². The molecule has 0 fully saturated rings. The van der Waals surface area contributed by atoms with E-state index in [0.717, 1.165) is 33.4 Å². The lowest BCUT2D eigenvalue weighted by molar-refractivity contribution is 0.478. The molecule has 3 aromatic rings. The lowest BCUT2D eigenvalue weighted by Crippen LogP contribution is -1.99. The molecule has 0 bridgehead atoms. The van der Waals surface area contributed by atoms with Crippen LogP contribution in [-0.4, -0.2) is 5.11 Å². The average molecular weight is 359 g/mol. The third kappa shape index (κ3) is 3.51. The van der Waals surface area contributed by atoms with Crippen LogP contribution in [0.15, 0.2) is 54.6 Å². The van der Waals surface area contributed by atoms with Crippen LogP contribution in [-0.2, 0) is 0 Å². The van der Waals surface area contributed by atoms with Crippen LogP contribution in [0.5, 0.6) is 5.75 Å². The first-order valence-electron chi connectivity index (χ1n) is 9.84. The SMILES string of the molecule is Cc1cc(C)c(-c2ccccc2C(C)C)c(O)c1-c1ccccc1C(C)C. The first kappa shape index (κ1) is 19.2. The molecule has 0 aromatic heterocycles. The number of phenols is 1. The van der Waals surface area contributed by atoms with Crippen LogP contribution < -0.4 is 0 Å². The molecule has 0 unspecified atom stereocenters. The van der Waals surface area contributed by atoms with Crippen LogP contribution >= 0.6 is 0 Å². The molecule has 0 aliphatic carbocycles. The molecule has 3 aromatic carbocycles. The fraction of sp³-hybridized carbons (Fsp3) is 0.308. The van der Waals surface area contributed by atoms with Crippen molar-refractivity contribution in [3.63, 3.8) is 0 Å². The van der Waals surface area contributed by atoms with Crippen molar-refractivity contribution >= 4 is 0 Å². The quantitative estimate of drug-likeness (QED) is 0.509. The van der Waals surface area contributed by atoms with Crippen molar-refractivity contribution in [2.45, 2.75) is 53.4 Å². The van der Waals surface area contributed by atoms with Gasteiger partial charge in [0.25, 0.3) is 0 Å². The molecular weight excluding hydrogens is 328 g/mol. The topological polar surface area (TPSA) is 20.2 Å². The maximum Gasteiger partial charge on any atom is 0.131 e. The van der Waals surface area contributed by atoms with Crippen LogP contribution in [0.1, 0.15) is 61.8 Å². The first-order chi connectivity index (χ1) is 12.8. The van der Waals surface area contributed by atoms with Gasteiger partial charge in [0.1, 0.15) is 5.75 Å². The van der Waals surface area contributed by atoms with Gasteiger partial charge in [-0.2, -0.15) is 0 Å². The molecule has 140 valence electrons. The van der Waals surface area contributed by atoms with Crippen LogP contribution in [0.2, 0.25) is 0 Å². The van der Waals surface area contributed by atoms with E-state index in [1.54, 1.807) is 0 Å². The van der Waals surface area contributed by atoms with Crippen molar-refractivity contribution in [3.05, 3.63) is 76.9 Å². The fourth-order valence-corrected chi connectivity index (χ4v) is 4.10. The van der Waals surface area contributed by atoms with Gasteiger partial charge in [-0.25, -0.2) is 0 Å². The normalized spacial score (nSPS) is 11.4. The minimum absolute atomic E-state index is 0.396. The Bertz CT molecular complexity index is 888. The summed E-state index contributed by atoms with van der Waals surface area (Å²) in [6.07, 6.45) is 0. The van der Waals surface area contributed by atoms with Gasteiger partial charge in [-0.05, 0) is 59.1 Å². The molecule has 0 aliphatic heterocycles. The van der Waals surface area contributed by atoms with Gasteiger partial charge in [0.05, 0.1) is 0 Å². The lowest BCUT2D eigenvalue weighted by atomic mass is 9.84. The number of phenolic OH excluding ortho intramolecular Hbond substituents is 1. The molecule has 27 heavy (non-hydrogen) atoms. The van der Waals surface area contributed by atoms with Gasteiger partial charge in [-0.3, -0.25) is 0 Å². The van der Waals surface area contributed by atoms with Crippen molar-refractivity contribution in [1.29, 1.82) is 0 Å². The van der Waals surface area contributed by atoms with Crippen molar-refractivity contribution < 1.29 is 5.11 Å². The summed E-state index contributed by atoms with van der Waals surface area (Å²) in [5.41, 5.74) is 8.94. The van der Waals surface area contributed by atoms with E-state index in [-0.39, 0.29) is 0 Å². The number of hydrogen-bond acceptors (Lipinski definition) is 1. The van der Waals surface area contributed by atoms with E-state index in [2.05, 4.69) is 96.1 Å². The summed E-state index contributed by atoms with van der Waals surface area (Å²) in [7, 11) is 0. The van der Waals surface area contributed by atoms with Crippen molar-refractivity contribution in [3.8, 4) is 28.0 Å². The Kier molecular flexibility index (Phi) is 5.41. The van der Waals surface area contributed by atoms with E-state index < -0.39 is 0 Å². The minimum atomic E-state index is 0.396. The molecule has 0 amide bonds. The van der Waals surface area contributed by atoms with E-state index in [0.29, 0.717) is 17.6 Å². The Labute approximate surface area is 163 Å². The Balaban J connectivity index is 2.35. The number of aryl methyl sites for hydroxylation is 2. The molecule has 0 saturated heterocycles. The highest BCUT2D eigenvalue weighted by Crippen LogP contribution is 2.46. The predicted molar refractivity (Wildman–Crippen MR) is 117 cm³/mol. The summed E-state index contributed by atoms with van der Waals surface area (Å²) in [5, 5.41) is 11.5. The molecule has 3 rings (SSSR count). The molecular formula is C26H30O. The van der Waals surface area contributed by atoms with Gasteiger partial charge in [-0.15, -0.1) is 0 Å². The molecule has 0 spiro atoms. The van der Waals surface area contributed by atoms with Crippen molar-refractivity contribution in [2.24, 2.45) is 0 Å². The van der Waals surface area contributed by atoms with Gasteiger partial charge >= 0.3 is 0 Å². The summed E-state index contributed by atoms with van der Waals surface area (Å²) in [4.78, 5) is 0. The van der Waals surface area contributed by atoms with Crippen molar-refractivity contribution in [1.82, 2.24) is 0 Å². The maximum atomic E-state index is 11.5. The number of hydrogen-bond donors (Lipinski definition) is 1. The molecule has 0 saturated carbocycles. The molecule has 1 N–H and O–H groups in total. The highest BCUT2D eigenvalue weighted by Gasteiger charge is 2.21. The fourth-order valence-electron chi connectivity index (χ4n) is 4.10. The van der Waals surface area contributed by atoms with Gasteiger partial charge in [0, 0.05) is 11.1 Å². The number of rotatable bonds is 4. The van der Waals surface area contributed by atoms with E-state index in [4.69, 9.17) is 0 Å². The smallest absolute Gasteiger partial charge is 0.131 e. The Morgan fingerprint density at radius 1 is 0.630 bits per heavy atom. The van der Waals surface area contributed by atoms with Crippen LogP contribution in [0, 0.1) is 13.8 Å². The summed E-state index contributed by atoms with van der Waals surface area (Å²) in [5.74, 6) is 1.19. The van der Waals surface area contributed by atoms with E-state index in [1.807, 2.05) is 0 Å². The molecule has 1 nitrogen and oxygen atoms in total. The second kappa shape index (κ2) is 7.60. The zero-order valence-electron chi connectivity index (χ0n) is 17.3. The zero-order chi connectivity index (χ0) is 19.7. The minimum Gasteiger partial charge on any atom is -0.507 e. The summed E-state index contributed by atoms with van der Waals surface area (Å²) in [6.45, 7) is 13.0. The van der Waals surface area contributed by atoms with Crippen LogP contribution in [0.3, 0.4) is 0 Å². The monoisotopic (exact) mass is 358 g/mol. The third-order valence-electron chi connectivity index (χ3n) is 5.40. The summed E-state index contributed by atoms with van der Waals surface area (Å²) in [6, 6.07) is 19.1. The molecule has 0 atom stereocenters. The summed E-state index contributed by atoms with van der Waals surface area (Å²) >= 11 is 0. The van der Waals surface area contributed by atoms with Gasteiger partial charge < -0.3 is 5.11 Å². The van der Waals surface area contributed by atoms with Gasteiger partial charge in [-0.1, -0.05) is 82.3 Å². The lowest BCUT2D eigenvalue weighted by Gasteiger charge is -2.22. The van der Waals surface area contributed by atoms with Crippen LogP contribution in [0.4, 0.5) is 0 Å². The number of aromatic hydroxyl groups is 1. The van der Waals surface area contributed by atoms with Gasteiger partial charge in [0.2, 0.25) is 0 Å². The average Bonchev–Trinajstić information content (AvgIpc) is 2.62. The maximum absolute atomic E-state index is 11.5. The Hall–Kier alpha value is -2.54. The largest absolute Gasteiger partial charge is 0.507 e. The third-order valence-corrected chi connectivity index (χ3v) is 5.40. The predicted octanol–water partition coefficient (Wildman–Crippen LogP) is 7.59. The van der Waals surface area contributed by atoms with E-state index in [1.165, 1.54) is 11.1 Å². The second-order valence-corrected chi connectivity index (χ2v) is 8.09. The number of benzene rings is 3. The van der Waals surface area contributed by atoms with Gasteiger partial charge in [0.15, 0.2) is 0 Å². The van der Waals surface area contributed by atoms with Crippen molar-refractivity contribution in [2.75, 3.05) is 0 Å². The molecule has 0 radical (unpaired) electrons. The highest BCUT2D eigenvalue weighted by atomic mass is 16.3. The molecule has 0 heterocycles. The zero-order valence-corrected chi connectivity index (χ0v) is 17.3. The standard InChI is InChI=1S/C26H30O/c1-16(2)20-11-7-9-13-22(20)24-18(5)15-19(6)25(26(24)27)23-14-10-8-12-21(23)17(3)4/h7-17,27H,1-6H3. The summed E-state index contributed by atoms with van der Waals surface area (Å²) < 4.78 is 0. The second-order valence-electron chi connectivity index (χ2n) is 8.09. The first-order valence-corrected chi connectivity index (χ1v) is 9.84. The van der Waals surface area contributed by atoms with Crippen LogP contribution in [0.25, 0.3) is 22.3 Å². The Morgan fingerprint density at radius 3 is 1.37 bits per heavy atom. The molecule has 0 aliphatic rings. The molecule has 1 heteroatoms. The van der Waals surface area contributed by atoms with E-state index >= 15 is 0 Å².